The average Bonchev–Trinajstić information content (AvgIpc) is 3.76. The first-order valence-electron chi connectivity index (χ1n) is 25.8. The second-order valence-electron chi connectivity index (χ2n) is 21.3. The van der Waals surface area contributed by atoms with Crippen LogP contribution in [0.2, 0.25) is 0 Å². The number of anilines is 6. The first-order chi connectivity index (χ1) is 35.6. The molecular weight excluding hydrogens is 884 g/mol. The lowest BCUT2D eigenvalue weighted by atomic mass is 9.30. The quantitative estimate of drug-likeness (QED) is 0.164. The molecule has 5 heterocycles. The van der Waals surface area contributed by atoms with Crippen LogP contribution in [0, 0.1) is 48.5 Å². The van der Waals surface area contributed by atoms with E-state index in [1.807, 2.05) is 0 Å². The molecule has 0 saturated heterocycles. The molecule has 11 aromatic rings. The Labute approximate surface area is 427 Å². The average molecular weight is 936 g/mol. The van der Waals surface area contributed by atoms with Crippen LogP contribution in [-0.2, 0) is 0 Å². The molecule has 0 N–H and O–H groups in total. The van der Waals surface area contributed by atoms with Gasteiger partial charge in [-0.25, -0.2) is 0 Å². The van der Waals surface area contributed by atoms with E-state index in [4.69, 9.17) is 4.74 Å². The topological polar surface area (TPSA) is 20.6 Å². The van der Waals surface area contributed by atoms with E-state index in [0.29, 0.717) is 0 Å². The third kappa shape index (κ3) is 5.98. The van der Waals surface area contributed by atoms with Gasteiger partial charge in [-0.15, -0.1) is 0 Å². The first kappa shape index (κ1) is 42.2. The largest absolute Gasteiger partial charge is 0.458 e. The molecule has 4 aliphatic heterocycles. The summed E-state index contributed by atoms with van der Waals surface area (Å²) >= 11 is 0. The molecule has 0 fully saturated rings. The number of fused-ring (bicyclic) bond motifs is 11. The van der Waals surface area contributed by atoms with Gasteiger partial charge >= 0.3 is 0 Å². The molecule has 6 heteroatoms. The third-order valence-electron chi connectivity index (χ3n) is 16.7. The van der Waals surface area contributed by atoms with E-state index in [1.54, 1.807) is 0 Å². The molecule has 4 nitrogen and oxygen atoms in total. The van der Waals surface area contributed by atoms with Crippen molar-refractivity contribution in [1.29, 1.82) is 0 Å². The minimum absolute atomic E-state index is 0.0753. The maximum atomic E-state index is 7.58. The highest BCUT2D eigenvalue weighted by atomic mass is 16.5. The van der Waals surface area contributed by atoms with Gasteiger partial charge in [-0.3, -0.25) is 0 Å². The Morgan fingerprint density at radius 3 is 1.60 bits per heavy atom. The lowest BCUT2D eigenvalue weighted by molar-refractivity contribution is 0.487. The molecule has 346 valence electrons. The van der Waals surface area contributed by atoms with Crippen LogP contribution in [0.1, 0.15) is 38.9 Å². The van der Waals surface area contributed by atoms with Crippen molar-refractivity contribution in [3.05, 3.63) is 221 Å². The summed E-state index contributed by atoms with van der Waals surface area (Å²) in [6, 6.07) is 69.2. The fourth-order valence-electron chi connectivity index (χ4n) is 13.2. The maximum absolute atomic E-state index is 7.58. The highest BCUT2D eigenvalue weighted by molar-refractivity contribution is 7.02. The summed E-state index contributed by atoms with van der Waals surface area (Å²) in [5.41, 5.74) is 31.9. The van der Waals surface area contributed by atoms with E-state index in [9.17, 15) is 0 Å². The first-order valence-corrected chi connectivity index (χ1v) is 25.8. The van der Waals surface area contributed by atoms with Crippen molar-refractivity contribution in [2.75, 3.05) is 9.80 Å². The van der Waals surface area contributed by atoms with Crippen molar-refractivity contribution in [3.8, 4) is 39.4 Å². The zero-order valence-electron chi connectivity index (χ0n) is 42.2. The molecule has 73 heavy (non-hydrogen) atoms. The Morgan fingerprint density at radius 1 is 0.356 bits per heavy atom. The molecule has 0 radical (unpaired) electrons. The number of aryl methyl sites for hydroxylation is 7. The van der Waals surface area contributed by atoms with Gasteiger partial charge in [0, 0.05) is 62.2 Å². The second kappa shape index (κ2) is 15.3. The molecule has 0 spiro atoms. The molecule has 0 amide bonds. The smallest absolute Gasteiger partial charge is 0.256 e. The summed E-state index contributed by atoms with van der Waals surface area (Å²) in [4.78, 5) is 5.08. The maximum Gasteiger partial charge on any atom is 0.256 e. The second-order valence-corrected chi connectivity index (χ2v) is 21.3. The Morgan fingerprint density at radius 2 is 0.932 bits per heavy atom. The van der Waals surface area contributed by atoms with Crippen molar-refractivity contribution >= 4 is 102 Å². The van der Waals surface area contributed by atoms with E-state index >= 15 is 0 Å². The minimum Gasteiger partial charge on any atom is -0.458 e. The zero-order valence-corrected chi connectivity index (χ0v) is 42.2. The van der Waals surface area contributed by atoms with E-state index < -0.39 is 0 Å². The predicted octanol–water partition coefficient (Wildman–Crippen LogP) is 13.3. The van der Waals surface area contributed by atoms with Crippen LogP contribution < -0.4 is 47.3 Å². The van der Waals surface area contributed by atoms with Crippen molar-refractivity contribution < 1.29 is 4.74 Å². The monoisotopic (exact) mass is 935 g/mol. The van der Waals surface area contributed by atoms with Crippen molar-refractivity contribution in [3.63, 3.8) is 0 Å². The van der Waals surface area contributed by atoms with Crippen molar-refractivity contribution in [2.24, 2.45) is 0 Å². The predicted molar refractivity (Wildman–Crippen MR) is 310 cm³/mol. The summed E-state index contributed by atoms with van der Waals surface area (Å²) in [5.74, 6) is 1.82. The van der Waals surface area contributed by atoms with Gasteiger partial charge in [-0.2, -0.15) is 0 Å². The van der Waals surface area contributed by atoms with Crippen molar-refractivity contribution in [2.45, 2.75) is 48.5 Å². The number of rotatable bonds is 4. The van der Waals surface area contributed by atoms with Crippen LogP contribution in [0.5, 0.6) is 11.5 Å². The molecule has 15 rings (SSSR count). The van der Waals surface area contributed by atoms with E-state index in [2.05, 4.69) is 245 Å². The highest BCUT2D eigenvalue weighted by Gasteiger charge is 2.47. The molecule has 4 aliphatic rings. The SMILES string of the molecule is Cc1ccc(N2c3ccc(C)cc3B3c4cc5c(cc4N(c4ccc(C)cc4)c4cc(-c6ccccc6C)cc2c43)Oc2cc(-c3ccccc3C)cc3c2B5c2c(C)ccc4c5cc(C)ccc5n-3c24)cc1. The lowest BCUT2D eigenvalue weighted by Crippen LogP contribution is -2.64. The van der Waals surface area contributed by atoms with Crippen LogP contribution in [0.25, 0.3) is 49.7 Å². The molecular formula is C67H51B2N3O. The molecule has 0 unspecified atom stereocenters. The van der Waals surface area contributed by atoms with Gasteiger partial charge in [-0.1, -0.05) is 137 Å². The van der Waals surface area contributed by atoms with Gasteiger partial charge < -0.3 is 19.1 Å². The molecule has 1 aromatic heterocycles. The molecule has 0 atom stereocenters. The number of hydrogen-bond donors (Lipinski definition) is 0. The standard InChI is InChI=1S/C67H51B2N3O/c1-38-16-23-47(24-17-38)70-57-29-21-41(4)31-53(57)68-54-36-55-62(37-58(54)71(48-25-18-39(2)19-26-48)60-33-45(32-59(70)65(60)68)49-14-10-8-12-42(49)5)73-63-35-46(50-15-11-9-13-43(50)6)34-61-66(63)69(55)64-44(7)22-27-51-52-30-40(3)20-28-56(52)72(61)67(51)64/h8-37H,1-7H3. The summed E-state index contributed by atoms with van der Waals surface area (Å²) in [7, 11) is 0. The lowest BCUT2D eigenvalue weighted by Gasteiger charge is -2.45. The van der Waals surface area contributed by atoms with Gasteiger partial charge in [0.25, 0.3) is 13.4 Å². The van der Waals surface area contributed by atoms with Gasteiger partial charge in [0.05, 0.1) is 5.52 Å². The van der Waals surface area contributed by atoms with Gasteiger partial charge in [0.1, 0.15) is 11.5 Å². The summed E-state index contributed by atoms with van der Waals surface area (Å²) < 4.78 is 10.1. The summed E-state index contributed by atoms with van der Waals surface area (Å²) in [6.07, 6.45) is 0. The Kier molecular flexibility index (Phi) is 8.84. The fourth-order valence-corrected chi connectivity index (χ4v) is 13.2. The van der Waals surface area contributed by atoms with Gasteiger partial charge in [-0.05, 0) is 181 Å². The Bertz CT molecular complexity index is 4220. The van der Waals surface area contributed by atoms with Crippen LogP contribution in [0.3, 0.4) is 0 Å². The molecule has 10 aromatic carbocycles. The van der Waals surface area contributed by atoms with Crippen LogP contribution in [0.4, 0.5) is 34.1 Å². The highest BCUT2D eigenvalue weighted by Crippen LogP contribution is 2.48. The van der Waals surface area contributed by atoms with Crippen LogP contribution in [0.15, 0.2) is 182 Å². The van der Waals surface area contributed by atoms with Crippen LogP contribution >= 0.6 is 0 Å². The number of ether oxygens (including phenoxy) is 1. The molecule has 0 bridgehead atoms. The number of hydrogen-bond acceptors (Lipinski definition) is 3. The third-order valence-corrected chi connectivity index (χ3v) is 16.7. The van der Waals surface area contributed by atoms with Crippen LogP contribution in [-0.4, -0.2) is 18.0 Å². The summed E-state index contributed by atoms with van der Waals surface area (Å²) in [5, 5.41) is 2.58. The number of nitrogens with zero attached hydrogens (tertiary/aromatic N) is 3. The van der Waals surface area contributed by atoms with Gasteiger partial charge in [0.2, 0.25) is 0 Å². The van der Waals surface area contributed by atoms with Gasteiger partial charge in [0.15, 0.2) is 0 Å². The fraction of sp³-hybridized carbons (Fsp3) is 0.104. The molecule has 0 aliphatic carbocycles. The van der Waals surface area contributed by atoms with E-state index in [1.165, 1.54) is 133 Å². The number of benzene rings is 10. The van der Waals surface area contributed by atoms with E-state index in [-0.39, 0.29) is 13.4 Å². The van der Waals surface area contributed by atoms with Crippen molar-refractivity contribution in [1.82, 2.24) is 4.57 Å². The zero-order chi connectivity index (χ0) is 49.1. The minimum atomic E-state index is -0.0756. The van der Waals surface area contributed by atoms with E-state index in [0.717, 1.165) is 34.1 Å². The Hall–Kier alpha value is -8.47. The Balaban J connectivity index is 1.07. The summed E-state index contributed by atoms with van der Waals surface area (Å²) in [6.45, 7) is 15.4. The normalized spacial score (nSPS) is 13.4. The molecule has 0 saturated carbocycles. The number of aromatic nitrogens is 1.